The molecule has 0 bridgehead atoms. The molecule has 0 saturated heterocycles. The summed E-state index contributed by atoms with van der Waals surface area (Å²) in [5, 5.41) is 3.60. The van der Waals surface area contributed by atoms with Crippen molar-refractivity contribution in [2.45, 2.75) is 20.8 Å². The summed E-state index contributed by atoms with van der Waals surface area (Å²) in [6.07, 6.45) is 1.56. The zero-order valence-corrected chi connectivity index (χ0v) is 7.53. The van der Waals surface area contributed by atoms with E-state index < -0.39 is 0 Å². The van der Waals surface area contributed by atoms with E-state index in [1.165, 1.54) is 0 Å². The normalized spacial score (nSPS) is 12.5. The highest BCUT2D eigenvalue weighted by molar-refractivity contribution is 5.84. The van der Waals surface area contributed by atoms with Crippen LogP contribution in [0.2, 0.25) is 0 Å². The lowest BCUT2D eigenvalue weighted by Crippen LogP contribution is -2.17. The molecule has 0 aromatic carbocycles. The Morgan fingerprint density at radius 1 is 1.67 bits per heavy atom. The fraction of sp³-hybridized carbons (Fsp3) is 0.500. The van der Waals surface area contributed by atoms with E-state index in [1.54, 1.807) is 13.1 Å². The first-order chi connectivity index (χ1) is 5.61. The summed E-state index contributed by atoms with van der Waals surface area (Å²) >= 11 is 0. The molecule has 66 valence electrons. The number of nitrogens with zero attached hydrogens (tertiary/aromatic N) is 2. The first-order valence-electron chi connectivity index (χ1n) is 3.86. The molecule has 0 aliphatic carbocycles. The van der Waals surface area contributed by atoms with Crippen LogP contribution >= 0.6 is 0 Å². The number of aryl methyl sites for hydroxylation is 1. The summed E-state index contributed by atoms with van der Waals surface area (Å²) in [6.45, 7) is 5.78. The Kier molecular flexibility index (Phi) is 2.47. The molecule has 1 heterocycles. The van der Waals surface area contributed by atoms with E-state index in [-0.39, 0.29) is 5.92 Å². The molecule has 0 aliphatic rings. The van der Waals surface area contributed by atoms with Crippen molar-refractivity contribution >= 4 is 11.5 Å². The van der Waals surface area contributed by atoms with E-state index >= 15 is 0 Å². The van der Waals surface area contributed by atoms with E-state index in [0.29, 0.717) is 17.3 Å². The number of hydrogen-bond donors (Lipinski definition) is 1. The zero-order valence-electron chi connectivity index (χ0n) is 7.53. The third-order valence-corrected chi connectivity index (χ3v) is 1.57. The van der Waals surface area contributed by atoms with Crippen LogP contribution in [0.25, 0.3) is 0 Å². The van der Waals surface area contributed by atoms with Gasteiger partial charge in [-0.15, -0.1) is 0 Å². The molecular weight excluding hydrogens is 154 g/mol. The maximum Gasteiger partial charge on any atom is 0.159 e. The first-order valence-corrected chi connectivity index (χ1v) is 3.86. The minimum atomic E-state index is 0.249. The van der Waals surface area contributed by atoms with E-state index in [1.807, 2.05) is 13.8 Å². The number of aliphatic imine (C=N–C) groups is 1. The Bertz CT molecular complexity index is 288. The molecule has 0 amide bonds. The average molecular weight is 167 g/mol. The van der Waals surface area contributed by atoms with Crippen LogP contribution in [0.1, 0.15) is 19.6 Å². The zero-order chi connectivity index (χ0) is 9.14. The summed E-state index contributed by atoms with van der Waals surface area (Å²) in [5.74, 6) is 1.54. The van der Waals surface area contributed by atoms with E-state index in [9.17, 15) is 0 Å². The molecule has 0 saturated carbocycles. The van der Waals surface area contributed by atoms with Gasteiger partial charge in [0, 0.05) is 5.92 Å². The van der Waals surface area contributed by atoms with Gasteiger partial charge in [-0.2, -0.15) is 0 Å². The fourth-order valence-electron chi connectivity index (χ4n) is 0.669. The first kappa shape index (κ1) is 8.77. The van der Waals surface area contributed by atoms with Crippen LogP contribution < -0.4 is 5.73 Å². The molecule has 1 rings (SSSR count). The van der Waals surface area contributed by atoms with Crippen molar-refractivity contribution < 1.29 is 4.52 Å². The molecule has 1 aromatic heterocycles. The van der Waals surface area contributed by atoms with Gasteiger partial charge in [0.2, 0.25) is 0 Å². The van der Waals surface area contributed by atoms with Crippen LogP contribution in [0.4, 0.5) is 5.69 Å². The SMILES string of the molecule is Cc1oncc1N=C(N)C(C)C. The van der Waals surface area contributed by atoms with E-state index in [4.69, 9.17) is 10.3 Å². The van der Waals surface area contributed by atoms with Crippen molar-refractivity contribution in [2.75, 3.05) is 0 Å². The molecule has 4 nitrogen and oxygen atoms in total. The summed E-state index contributed by atoms with van der Waals surface area (Å²) in [7, 11) is 0. The molecule has 4 heteroatoms. The van der Waals surface area contributed by atoms with Crippen LogP contribution in [0.3, 0.4) is 0 Å². The summed E-state index contributed by atoms with van der Waals surface area (Å²) in [5.41, 5.74) is 6.37. The van der Waals surface area contributed by atoms with Gasteiger partial charge in [-0.25, -0.2) is 4.99 Å². The van der Waals surface area contributed by atoms with Crippen LogP contribution in [-0.4, -0.2) is 11.0 Å². The Morgan fingerprint density at radius 2 is 2.33 bits per heavy atom. The van der Waals surface area contributed by atoms with E-state index in [0.717, 1.165) is 0 Å². The van der Waals surface area contributed by atoms with Crippen molar-refractivity contribution in [2.24, 2.45) is 16.6 Å². The van der Waals surface area contributed by atoms with Gasteiger partial charge in [-0.3, -0.25) is 0 Å². The topological polar surface area (TPSA) is 64.4 Å². The van der Waals surface area contributed by atoms with Gasteiger partial charge in [-0.05, 0) is 6.92 Å². The number of hydrogen-bond acceptors (Lipinski definition) is 3. The Hall–Kier alpha value is -1.32. The smallest absolute Gasteiger partial charge is 0.159 e. The number of rotatable bonds is 2. The van der Waals surface area contributed by atoms with Crippen molar-refractivity contribution in [3.8, 4) is 0 Å². The number of aromatic nitrogens is 1. The van der Waals surface area contributed by atoms with E-state index in [2.05, 4.69) is 10.1 Å². The fourth-order valence-corrected chi connectivity index (χ4v) is 0.669. The van der Waals surface area contributed by atoms with Crippen LogP contribution in [0.5, 0.6) is 0 Å². The molecule has 2 N–H and O–H groups in total. The Labute approximate surface area is 71.5 Å². The minimum Gasteiger partial charge on any atom is -0.387 e. The second kappa shape index (κ2) is 3.38. The summed E-state index contributed by atoms with van der Waals surface area (Å²) in [4.78, 5) is 4.16. The van der Waals surface area contributed by atoms with Gasteiger partial charge in [-0.1, -0.05) is 19.0 Å². The predicted octanol–water partition coefficient (Wildman–Crippen LogP) is 1.63. The third kappa shape index (κ3) is 1.84. The van der Waals surface area contributed by atoms with Crippen molar-refractivity contribution in [3.05, 3.63) is 12.0 Å². The average Bonchev–Trinajstić information content (AvgIpc) is 2.36. The van der Waals surface area contributed by atoms with Gasteiger partial charge in [0.15, 0.2) is 5.76 Å². The standard InChI is InChI=1S/C8H13N3O/c1-5(2)8(9)11-7-4-10-12-6(7)3/h4-5H,1-3H3,(H2,9,11). The Morgan fingerprint density at radius 3 is 2.75 bits per heavy atom. The number of amidine groups is 1. The maximum absolute atomic E-state index is 5.66. The van der Waals surface area contributed by atoms with Gasteiger partial charge < -0.3 is 10.3 Å². The van der Waals surface area contributed by atoms with Gasteiger partial charge in [0.25, 0.3) is 0 Å². The largest absolute Gasteiger partial charge is 0.387 e. The predicted molar refractivity (Wildman–Crippen MR) is 47.4 cm³/mol. The van der Waals surface area contributed by atoms with Gasteiger partial charge in [0.1, 0.15) is 11.5 Å². The lowest BCUT2D eigenvalue weighted by atomic mass is 10.2. The molecule has 0 spiro atoms. The van der Waals surface area contributed by atoms with Gasteiger partial charge in [0.05, 0.1) is 6.20 Å². The molecule has 0 fully saturated rings. The maximum atomic E-state index is 5.66. The van der Waals surface area contributed by atoms with Crippen LogP contribution in [0.15, 0.2) is 15.7 Å². The summed E-state index contributed by atoms with van der Waals surface area (Å²) < 4.78 is 4.83. The third-order valence-electron chi connectivity index (χ3n) is 1.57. The lowest BCUT2D eigenvalue weighted by molar-refractivity contribution is 0.398. The molecule has 0 aliphatic heterocycles. The highest BCUT2D eigenvalue weighted by Crippen LogP contribution is 2.17. The number of nitrogens with two attached hydrogens (primary N) is 1. The molecule has 12 heavy (non-hydrogen) atoms. The van der Waals surface area contributed by atoms with Crippen LogP contribution in [-0.2, 0) is 0 Å². The minimum absolute atomic E-state index is 0.249. The highest BCUT2D eigenvalue weighted by atomic mass is 16.5. The quantitative estimate of drug-likeness (QED) is 0.537. The van der Waals surface area contributed by atoms with Crippen molar-refractivity contribution in [1.82, 2.24) is 5.16 Å². The second-order valence-corrected chi connectivity index (χ2v) is 2.96. The molecular formula is C8H13N3O. The molecule has 1 aromatic rings. The van der Waals surface area contributed by atoms with Crippen LogP contribution in [0, 0.1) is 12.8 Å². The second-order valence-electron chi connectivity index (χ2n) is 2.96. The summed E-state index contributed by atoms with van der Waals surface area (Å²) in [6, 6.07) is 0. The Balaban J connectivity index is 2.87. The lowest BCUT2D eigenvalue weighted by Gasteiger charge is -2.01. The molecule has 0 unspecified atom stereocenters. The van der Waals surface area contributed by atoms with Gasteiger partial charge >= 0.3 is 0 Å². The monoisotopic (exact) mass is 167 g/mol. The molecule has 0 radical (unpaired) electrons. The van der Waals surface area contributed by atoms with Crippen molar-refractivity contribution in [3.63, 3.8) is 0 Å². The van der Waals surface area contributed by atoms with Crippen molar-refractivity contribution in [1.29, 1.82) is 0 Å². The molecule has 0 atom stereocenters. The highest BCUT2D eigenvalue weighted by Gasteiger charge is 2.03.